The van der Waals surface area contributed by atoms with Gasteiger partial charge in [-0.15, -0.1) is 0 Å². The summed E-state index contributed by atoms with van der Waals surface area (Å²) in [7, 11) is 0. The largest absolute Gasteiger partial charge is 0.355 e. The Labute approximate surface area is 173 Å². The summed E-state index contributed by atoms with van der Waals surface area (Å²) in [6.45, 7) is 0. The summed E-state index contributed by atoms with van der Waals surface area (Å²) >= 11 is 0. The van der Waals surface area contributed by atoms with Crippen molar-refractivity contribution >= 4 is 60.9 Å². The Morgan fingerprint density at radius 2 is 1.43 bits per heavy atom. The van der Waals surface area contributed by atoms with Crippen molar-refractivity contribution in [2.75, 3.05) is 5.32 Å². The molecular formula is C27H19N3. The van der Waals surface area contributed by atoms with Gasteiger partial charge in [0.25, 0.3) is 0 Å². The Balaban J connectivity index is 1.65. The van der Waals surface area contributed by atoms with Crippen molar-refractivity contribution in [3.8, 4) is 0 Å². The molecule has 30 heavy (non-hydrogen) atoms. The van der Waals surface area contributed by atoms with E-state index >= 15 is 0 Å². The number of H-pyrrole nitrogens is 1. The molecule has 0 spiro atoms. The van der Waals surface area contributed by atoms with Gasteiger partial charge in [-0.25, -0.2) is 0 Å². The lowest BCUT2D eigenvalue weighted by Crippen LogP contribution is -1.95. The first-order valence-electron chi connectivity index (χ1n) is 10.0. The number of aromatic nitrogens is 1. The molecule has 1 aromatic heterocycles. The van der Waals surface area contributed by atoms with E-state index in [1.54, 1.807) is 0 Å². The Morgan fingerprint density at radius 1 is 0.667 bits per heavy atom. The topological polar surface area (TPSA) is 51.7 Å². The fourth-order valence-electron chi connectivity index (χ4n) is 4.52. The molecule has 6 aromatic rings. The van der Waals surface area contributed by atoms with Crippen LogP contribution in [-0.4, -0.2) is 11.2 Å². The Bertz CT molecular complexity index is 1580. The second-order valence-corrected chi connectivity index (χ2v) is 7.58. The fraction of sp³-hybridized carbons (Fsp3) is 0. The maximum absolute atomic E-state index is 8.14. The molecule has 0 amide bonds. The number of benzene rings is 5. The van der Waals surface area contributed by atoms with E-state index in [-0.39, 0.29) is 0 Å². The minimum absolute atomic E-state index is 0.891. The van der Waals surface area contributed by atoms with E-state index in [1.807, 2.05) is 36.4 Å². The number of rotatable bonds is 3. The summed E-state index contributed by atoms with van der Waals surface area (Å²) < 4.78 is 0. The van der Waals surface area contributed by atoms with Gasteiger partial charge < -0.3 is 15.7 Å². The molecule has 3 heteroatoms. The van der Waals surface area contributed by atoms with Crippen LogP contribution >= 0.6 is 0 Å². The summed E-state index contributed by atoms with van der Waals surface area (Å²) in [5.41, 5.74) is 5.00. The number of hydrogen-bond acceptors (Lipinski definition) is 2. The summed E-state index contributed by atoms with van der Waals surface area (Å²) in [6.07, 6.45) is 1.45. The molecule has 0 saturated heterocycles. The zero-order valence-electron chi connectivity index (χ0n) is 16.2. The van der Waals surface area contributed by atoms with E-state index in [0.717, 1.165) is 38.7 Å². The van der Waals surface area contributed by atoms with Crippen molar-refractivity contribution in [2.45, 2.75) is 0 Å². The lowest BCUT2D eigenvalue weighted by atomic mass is 9.98. The highest BCUT2D eigenvalue weighted by atomic mass is 14.9. The maximum Gasteiger partial charge on any atom is 0.0545 e. The lowest BCUT2D eigenvalue weighted by Gasteiger charge is -2.11. The van der Waals surface area contributed by atoms with Crippen molar-refractivity contribution in [1.29, 1.82) is 5.41 Å². The molecule has 0 unspecified atom stereocenters. The molecule has 0 bridgehead atoms. The first kappa shape index (κ1) is 16.8. The van der Waals surface area contributed by atoms with Crippen LogP contribution in [-0.2, 0) is 0 Å². The first-order valence-corrected chi connectivity index (χ1v) is 10.0. The van der Waals surface area contributed by atoms with Crippen LogP contribution in [0.1, 0.15) is 5.56 Å². The van der Waals surface area contributed by atoms with Crippen molar-refractivity contribution < 1.29 is 0 Å². The predicted molar refractivity (Wildman–Crippen MR) is 128 cm³/mol. The van der Waals surface area contributed by atoms with Crippen LogP contribution in [0.4, 0.5) is 11.4 Å². The predicted octanol–water partition coefficient (Wildman–Crippen LogP) is 7.37. The molecule has 0 aliphatic rings. The molecule has 142 valence electrons. The molecule has 0 aliphatic heterocycles. The second-order valence-electron chi connectivity index (χ2n) is 7.58. The van der Waals surface area contributed by atoms with Crippen LogP contribution in [0, 0.1) is 5.41 Å². The molecular weight excluding hydrogens is 366 g/mol. The zero-order valence-corrected chi connectivity index (χ0v) is 16.2. The number of anilines is 2. The van der Waals surface area contributed by atoms with Crippen molar-refractivity contribution in [1.82, 2.24) is 4.98 Å². The van der Waals surface area contributed by atoms with Gasteiger partial charge in [0, 0.05) is 44.8 Å². The SMILES string of the molecule is N=Cc1c(Nc2ccccc2)ccc2[nH]c3c4ccc5ccccc5c4ccc3c12. The number of fused-ring (bicyclic) bond motifs is 7. The van der Waals surface area contributed by atoms with E-state index in [9.17, 15) is 0 Å². The molecule has 5 aromatic carbocycles. The monoisotopic (exact) mass is 385 g/mol. The lowest BCUT2D eigenvalue weighted by molar-refractivity contribution is 1.51. The van der Waals surface area contributed by atoms with Crippen LogP contribution in [0.5, 0.6) is 0 Å². The van der Waals surface area contributed by atoms with Crippen LogP contribution < -0.4 is 5.32 Å². The minimum atomic E-state index is 0.891. The molecule has 3 nitrogen and oxygen atoms in total. The Kier molecular flexibility index (Phi) is 3.62. The molecule has 1 heterocycles. The van der Waals surface area contributed by atoms with E-state index in [2.05, 4.69) is 64.9 Å². The van der Waals surface area contributed by atoms with E-state index in [4.69, 9.17) is 5.41 Å². The standard InChI is InChI=1S/C27H19N3/c28-16-23-24(29-18-7-2-1-3-8-18)14-15-25-26(23)22-13-12-20-19-9-5-4-6-17(19)10-11-21(20)27(22)30-25/h1-16,28-30H. The van der Waals surface area contributed by atoms with Gasteiger partial charge in [0.2, 0.25) is 0 Å². The van der Waals surface area contributed by atoms with Gasteiger partial charge in [-0.3, -0.25) is 0 Å². The Morgan fingerprint density at radius 3 is 2.30 bits per heavy atom. The number of hydrogen-bond donors (Lipinski definition) is 3. The van der Waals surface area contributed by atoms with Gasteiger partial charge in [-0.2, -0.15) is 0 Å². The fourth-order valence-corrected chi connectivity index (χ4v) is 4.52. The number of aromatic amines is 1. The van der Waals surface area contributed by atoms with Gasteiger partial charge >= 0.3 is 0 Å². The third kappa shape index (κ3) is 2.42. The van der Waals surface area contributed by atoms with E-state index in [1.165, 1.54) is 27.8 Å². The van der Waals surface area contributed by atoms with Gasteiger partial charge in [-0.05, 0) is 40.4 Å². The third-order valence-electron chi connectivity index (χ3n) is 5.90. The molecule has 0 saturated carbocycles. The van der Waals surface area contributed by atoms with E-state index in [0.29, 0.717) is 0 Å². The van der Waals surface area contributed by atoms with Crippen LogP contribution in [0.15, 0.2) is 91.0 Å². The normalized spacial score (nSPS) is 11.5. The van der Waals surface area contributed by atoms with Gasteiger partial charge in [0.15, 0.2) is 0 Å². The number of para-hydroxylation sites is 1. The summed E-state index contributed by atoms with van der Waals surface area (Å²) in [4.78, 5) is 3.62. The average Bonchev–Trinajstić information content (AvgIpc) is 3.18. The highest BCUT2D eigenvalue weighted by Gasteiger charge is 2.14. The van der Waals surface area contributed by atoms with Gasteiger partial charge in [0.05, 0.1) is 5.52 Å². The average molecular weight is 385 g/mol. The third-order valence-corrected chi connectivity index (χ3v) is 5.90. The quantitative estimate of drug-likeness (QED) is 0.216. The molecule has 3 N–H and O–H groups in total. The molecule has 6 rings (SSSR count). The second kappa shape index (κ2) is 6.46. The van der Waals surface area contributed by atoms with Crippen LogP contribution in [0.25, 0.3) is 43.4 Å². The van der Waals surface area contributed by atoms with Crippen LogP contribution in [0.2, 0.25) is 0 Å². The molecule has 0 aliphatic carbocycles. The summed E-state index contributed by atoms with van der Waals surface area (Å²) in [6, 6.07) is 31.5. The highest BCUT2D eigenvalue weighted by molar-refractivity contribution is 6.25. The zero-order chi connectivity index (χ0) is 20.1. The number of nitrogens with one attached hydrogen (secondary N) is 3. The highest BCUT2D eigenvalue weighted by Crippen LogP contribution is 2.37. The first-order chi connectivity index (χ1) is 14.8. The summed E-state index contributed by atoms with van der Waals surface area (Å²) in [5, 5.41) is 18.8. The maximum atomic E-state index is 8.14. The van der Waals surface area contributed by atoms with Gasteiger partial charge in [-0.1, -0.05) is 66.7 Å². The van der Waals surface area contributed by atoms with E-state index < -0.39 is 0 Å². The molecule has 0 radical (unpaired) electrons. The van der Waals surface area contributed by atoms with Gasteiger partial charge in [0.1, 0.15) is 0 Å². The molecule has 0 atom stereocenters. The summed E-state index contributed by atoms with van der Waals surface area (Å²) in [5.74, 6) is 0. The van der Waals surface area contributed by atoms with Crippen molar-refractivity contribution in [3.63, 3.8) is 0 Å². The molecule has 0 fully saturated rings. The Hall–Kier alpha value is -4.11. The minimum Gasteiger partial charge on any atom is -0.355 e. The van der Waals surface area contributed by atoms with Crippen molar-refractivity contribution in [2.24, 2.45) is 0 Å². The van der Waals surface area contributed by atoms with Crippen molar-refractivity contribution in [3.05, 3.63) is 96.6 Å². The van der Waals surface area contributed by atoms with Crippen LogP contribution in [0.3, 0.4) is 0 Å². The smallest absolute Gasteiger partial charge is 0.0545 e.